The monoisotopic (exact) mass is 275 g/mol. The molecule has 1 aromatic carbocycles. The van der Waals surface area contributed by atoms with E-state index in [9.17, 15) is 19.4 Å². The normalized spacial score (nSPS) is 14.1. The van der Waals surface area contributed by atoms with Gasteiger partial charge in [-0.1, -0.05) is 23.7 Å². The van der Waals surface area contributed by atoms with Gasteiger partial charge in [0.05, 0.1) is 11.1 Å². The molecule has 2 atom stereocenters. The molecule has 0 aliphatic rings. The summed E-state index contributed by atoms with van der Waals surface area (Å²) in [6, 6.07) is 4.20. The van der Waals surface area contributed by atoms with E-state index in [-0.39, 0.29) is 29.5 Å². The predicted molar refractivity (Wildman–Crippen MR) is 65.7 cm³/mol. The number of hydrogen-bond donors (Lipinski definition) is 3. The predicted octanol–water partition coefficient (Wildman–Crippen LogP) is 1.40. The van der Waals surface area contributed by atoms with Crippen LogP contribution < -0.4 is 5.32 Å². The van der Waals surface area contributed by atoms with Gasteiger partial charge in [-0.25, -0.2) is 4.39 Å². The number of amides is 1. The van der Waals surface area contributed by atoms with Gasteiger partial charge in [0.15, 0.2) is 0 Å². The van der Waals surface area contributed by atoms with Crippen molar-refractivity contribution in [1.82, 2.24) is 5.32 Å². The highest BCUT2D eigenvalue weighted by molar-refractivity contribution is 6.30. The molecule has 0 fully saturated rings. The molecule has 0 spiro atoms. The molecule has 1 amide bonds. The number of benzene rings is 1. The van der Waals surface area contributed by atoms with Gasteiger partial charge in [-0.3, -0.25) is 4.79 Å². The van der Waals surface area contributed by atoms with Crippen LogP contribution in [0.4, 0.5) is 4.39 Å². The van der Waals surface area contributed by atoms with E-state index in [4.69, 9.17) is 11.6 Å². The second-order valence-electron chi connectivity index (χ2n) is 3.93. The van der Waals surface area contributed by atoms with Crippen LogP contribution in [0.3, 0.4) is 0 Å². The molecule has 0 aliphatic heterocycles. The fourth-order valence-corrected chi connectivity index (χ4v) is 1.69. The Bertz CT molecular complexity index is 428. The smallest absolute Gasteiger partial charge is 0.216 e. The van der Waals surface area contributed by atoms with Crippen molar-refractivity contribution >= 4 is 17.5 Å². The molecule has 0 aliphatic carbocycles. The second kappa shape index (κ2) is 6.68. The van der Waals surface area contributed by atoms with Gasteiger partial charge in [-0.2, -0.15) is 0 Å². The van der Waals surface area contributed by atoms with Crippen molar-refractivity contribution in [2.75, 3.05) is 6.54 Å². The van der Waals surface area contributed by atoms with Gasteiger partial charge in [-0.05, 0) is 12.5 Å². The lowest BCUT2D eigenvalue weighted by Gasteiger charge is -2.19. The van der Waals surface area contributed by atoms with E-state index in [1.54, 1.807) is 0 Å². The number of nitrogens with one attached hydrogen (secondary N) is 1. The fourth-order valence-electron chi connectivity index (χ4n) is 1.51. The quantitative estimate of drug-likeness (QED) is 0.761. The number of hydrogen-bond acceptors (Lipinski definition) is 3. The van der Waals surface area contributed by atoms with Crippen LogP contribution in [0, 0.1) is 5.82 Å². The van der Waals surface area contributed by atoms with Crippen LogP contribution in [-0.4, -0.2) is 28.8 Å². The molecule has 0 bridgehead atoms. The minimum absolute atomic E-state index is 0.0576. The van der Waals surface area contributed by atoms with Crippen molar-refractivity contribution in [3.63, 3.8) is 0 Å². The van der Waals surface area contributed by atoms with Crippen LogP contribution in [0.25, 0.3) is 0 Å². The van der Waals surface area contributed by atoms with E-state index in [1.165, 1.54) is 25.1 Å². The van der Waals surface area contributed by atoms with Gasteiger partial charge >= 0.3 is 0 Å². The Balaban J connectivity index is 2.65. The molecular formula is C12H15ClFNO3. The minimum atomic E-state index is -1.38. The molecule has 6 heteroatoms. The number of carbonyl (C=O) groups is 1. The third-order valence-electron chi connectivity index (χ3n) is 2.48. The highest BCUT2D eigenvalue weighted by atomic mass is 35.5. The summed E-state index contributed by atoms with van der Waals surface area (Å²) in [4.78, 5) is 10.6. The summed E-state index contributed by atoms with van der Waals surface area (Å²) in [5.41, 5.74) is -0.0576. The Morgan fingerprint density at radius 1 is 1.50 bits per heavy atom. The highest BCUT2D eigenvalue weighted by Gasteiger charge is 2.22. The Kier molecular flexibility index (Phi) is 5.53. The Labute approximate surface area is 109 Å². The van der Waals surface area contributed by atoms with Crippen LogP contribution in [-0.2, 0) is 4.79 Å². The summed E-state index contributed by atoms with van der Waals surface area (Å²) in [5.74, 6) is -0.976. The van der Waals surface area contributed by atoms with E-state index in [2.05, 4.69) is 5.32 Å². The first-order valence-corrected chi connectivity index (χ1v) is 5.85. The molecule has 1 aromatic rings. The summed E-state index contributed by atoms with van der Waals surface area (Å²) < 4.78 is 13.6. The van der Waals surface area contributed by atoms with Gasteiger partial charge in [0.25, 0.3) is 0 Å². The Hall–Kier alpha value is -1.17. The lowest BCUT2D eigenvalue weighted by atomic mass is 10.0. The molecule has 0 radical (unpaired) electrons. The van der Waals surface area contributed by atoms with Crippen LogP contribution in [0.15, 0.2) is 18.2 Å². The summed E-state index contributed by atoms with van der Waals surface area (Å²) in [5, 5.41) is 21.9. The summed E-state index contributed by atoms with van der Waals surface area (Å²) >= 11 is 5.58. The third kappa shape index (κ3) is 3.94. The third-order valence-corrected chi connectivity index (χ3v) is 2.77. The molecule has 0 saturated carbocycles. The van der Waals surface area contributed by atoms with E-state index in [1.807, 2.05) is 0 Å². The Morgan fingerprint density at radius 2 is 2.17 bits per heavy atom. The van der Waals surface area contributed by atoms with E-state index >= 15 is 0 Å². The van der Waals surface area contributed by atoms with Gasteiger partial charge in [0, 0.05) is 19.0 Å². The van der Waals surface area contributed by atoms with Crippen LogP contribution in [0.5, 0.6) is 0 Å². The van der Waals surface area contributed by atoms with Crippen LogP contribution in [0.1, 0.15) is 25.0 Å². The molecule has 0 heterocycles. The lowest BCUT2D eigenvalue weighted by Crippen LogP contribution is -2.28. The molecule has 3 N–H and O–H groups in total. The maximum Gasteiger partial charge on any atom is 0.216 e. The second-order valence-corrected chi connectivity index (χ2v) is 4.33. The molecule has 18 heavy (non-hydrogen) atoms. The van der Waals surface area contributed by atoms with Crippen LogP contribution >= 0.6 is 11.6 Å². The topological polar surface area (TPSA) is 69.6 Å². The summed E-state index contributed by atoms with van der Waals surface area (Å²) in [7, 11) is 0. The molecule has 2 unspecified atom stereocenters. The van der Waals surface area contributed by atoms with E-state index < -0.39 is 18.0 Å². The number of rotatable bonds is 5. The number of aliphatic hydroxyl groups is 2. The van der Waals surface area contributed by atoms with Crippen molar-refractivity contribution < 1.29 is 19.4 Å². The maximum atomic E-state index is 13.6. The SMILES string of the molecule is CC(=O)NCCC(O)C(O)c1cccc(Cl)c1F. The fraction of sp³-hybridized carbons (Fsp3) is 0.417. The molecule has 100 valence electrons. The number of halogens is 2. The van der Waals surface area contributed by atoms with Gasteiger partial charge in [0.2, 0.25) is 5.91 Å². The molecule has 4 nitrogen and oxygen atoms in total. The molecular weight excluding hydrogens is 261 g/mol. The van der Waals surface area contributed by atoms with Gasteiger partial charge < -0.3 is 15.5 Å². The van der Waals surface area contributed by atoms with E-state index in [0.29, 0.717) is 0 Å². The summed E-state index contributed by atoms with van der Waals surface area (Å²) in [6.45, 7) is 1.55. The zero-order valence-electron chi connectivity index (χ0n) is 9.86. The van der Waals surface area contributed by atoms with Gasteiger partial charge in [-0.15, -0.1) is 0 Å². The first-order valence-electron chi connectivity index (χ1n) is 5.48. The van der Waals surface area contributed by atoms with Crippen molar-refractivity contribution in [2.24, 2.45) is 0 Å². The number of aliphatic hydroxyl groups excluding tert-OH is 2. The Morgan fingerprint density at radius 3 is 2.78 bits per heavy atom. The standard InChI is InChI=1S/C12H15ClFNO3/c1-7(16)15-6-5-10(17)12(18)8-3-2-4-9(13)11(8)14/h2-4,10,12,17-18H,5-6H2,1H3,(H,15,16). The van der Waals surface area contributed by atoms with Crippen LogP contribution in [0.2, 0.25) is 5.02 Å². The first-order chi connectivity index (χ1) is 8.43. The average Bonchev–Trinajstić information content (AvgIpc) is 2.31. The average molecular weight is 276 g/mol. The largest absolute Gasteiger partial charge is 0.390 e. The zero-order valence-corrected chi connectivity index (χ0v) is 10.6. The highest BCUT2D eigenvalue weighted by Crippen LogP contribution is 2.26. The van der Waals surface area contributed by atoms with Crippen molar-refractivity contribution in [3.05, 3.63) is 34.6 Å². The van der Waals surface area contributed by atoms with Gasteiger partial charge in [0.1, 0.15) is 11.9 Å². The molecule has 0 saturated heterocycles. The van der Waals surface area contributed by atoms with Crippen molar-refractivity contribution in [1.29, 1.82) is 0 Å². The molecule has 0 aromatic heterocycles. The van der Waals surface area contributed by atoms with Crippen molar-refractivity contribution in [2.45, 2.75) is 25.6 Å². The van der Waals surface area contributed by atoms with Crippen molar-refractivity contribution in [3.8, 4) is 0 Å². The minimum Gasteiger partial charge on any atom is -0.390 e. The lowest BCUT2D eigenvalue weighted by molar-refractivity contribution is -0.119. The maximum absolute atomic E-state index is 13.6. The molecule has 1 rings (SSSR count). The first kappa shape index (κ1) is 14.9. The zero-order chi connectivity index (χ0) is 13.7. The van der Waals surface area contributed by atoms with E-state index in [0.717, 1.165) is 0 Å². The summed E-state index contributed by atoms with van der Waals surface area (Å²) in [6.07, 6.45) is -2.44. The number of carbonyl (C=O) groups excluding carboxylic acids is 1.